The van der Waals surface area contributed by atoms with Crippen LogP contribution in [-0.2, 0) is 14.4 Å². The van der Waals surface area contributed by atoms with Gasteiger partial charge in [-0.1, -0.05) is 42.5 Å². The molecule has 3 rings (SSSR count). The molecule has 158 valence electrons. The van der Waals surface area contributed by atoms with Crippen LogP contribution >= 0.6 is 0 Å². The number of carbonyl (C=O) groups is 3. The highest BCUT2D eigenvalue weighted by Crippen LogP contribution is 2.16. The van der Waals surface area contributed by atoms with Crippen molar-refractivity contribution in [3.05, 3.63) is 65.7 Å². The normalized spacial score (nSPS) is 12.5. The Morgan fingerprint density at radius 1 is 1.00 bits per heavy atom. The molecule has 2 N–H and O–H groups in total. The molecular formula is C22H21N5O4. The summed E-state index contributed by atoms with van der Waals surface area (Å²) < 4.78 is 5.27. The van der Waals surface area contributed by atoms with Gasteiger partial charge in [-0.25, -0.2) is 5.01 Å². The van der Waals surface area contributed by atoms with Gasteiger partial charge >= 0.3 is 0 Å². The molecule has 0 radical (unpaired) electrons. The van der Waals surface area contributed by atoms with E-state index < -0.39 is 11.8 Å². The molecule has 2 aromatic carbocycles. The molecule has 0 bridgehead atoms. The van der Waals surface area contributed by atoms with Gasteiger partial charge in [0.25, 0.3) is 5.91 Å². The van der Waals surface area contributed by atoms with Crippen LogP contribution in [0.2, 0.25) is 0 Å². The summed E-state index contributed by atoms with van der Waals surface area (Å²) in [5.41, 5.74) is 6.56. The second-order valence-corrected chi connectivity index (χ2v) is 6.67. The second-order valence-electron chi connectivity index (χ2n) is 6.67. The Morgan fingerprint density at radius 3 is 2.48 bits per heavy atom. The van der Waals surface area contributed by atoms with E-state index in [0.717, 1.165) is 11.3 Å². The minimum absolute atomic E-state index is 0.0285. The summed E-state index contributed by atoms with van der Waals surface area (Å²) in [7, 11) is 0. The van der Waals surface area contributed by atoms with Crippen molar-refractivity contribution in [1.29, 1.82) is 5.26 Å². The van der Waals surface area contributed by atoms with Crippen LogP contribution in [0.25, 0.3) is 0 Å². The Morgan fingerprint density at radius 2 is 1.71 bits per heavy atom. The Kier molecular flexibility index (Phi) is 7.32. The Bertz CT molecular complexity index is 1030. The summed E-state index contributed by atoms with van der Waals surface area (Å²) in [6, 6.07) is 18.1. The largest absolute Gasteiger partial charge is 0.482 e. The second kappa shape index (κ2) is 10.5. The Balaban J connectivity index is 1.37. The number of nitriles is 1. The zero-order valence-corrected chi connectivity index (χ0v) is 16.7. The summed E-state index contributed by atoms with van der Waals surface area (Å²) >= 11 is 0. The van der Waals surface area contributed by atoms with E-state index in [1.54, 1.807) is 24.3 Å². The minimum atomic E-state index is -0.593. The molecule has 1 aliphatic rings. The van der Waals surface area contributed by atoms with Gasteiger partial charge in [0.1, 0.15) is 11.8 Å². The quantitative estimate of drug-likeness (QED) is 0.658. The van der Waals surface area contributed by atoms with Crippen molar-refractivity contribution in [3.63, 3.8) is 0 Å². The molecule has 0 saturated carbocycles. The number of hydrazone groups is 1. The van der Waals surface area contributed by atoms with Crippen LogP contribution in [0.5, 0.6) is 5.75 Å². The number of hydrogen-bond acceptors (Lipinski definition) is 6. The highest BCUT2D eigenvalue weighted by molar-refractivity contribution is 6.02. The monoisotopic (exact) mass is 419 g/mol. The lowest BCUT2D eigenvalue weighted by Crippen LogP contribution is -2.44. The predicted octanol–water partition coefficient (Wildman–Crippen LogP) is 1.50. The Hall–Kier alpha value is -4.19. The van der Waals surface area contributed by atoms with Gasteiger partial charge in [0.2, 0.25) is 11.8 Å². The number of ether oxygens (including phenoxy) is 1. The van der Waals surface area contributed by atoms with Crippen LogP contribution in [0.15, 0.2) is 59.7 Å². The highest BCUT2D eigenvalue weighted by atomic mass is 16.5. The fourth-order valence-corrected chi connectivity index (χ4v) is 2.89. The first-order valence-corrected chi connectivity index (χ1v) is 9.69. The van der Waals surface area contributed by atoms with Crippen LogP contribution in [0.1, 0.15) is 30.4 Å². The third-order valence-corrected chi connectivity index (χ3v) is 4.47. The molecule has 3 amide bonds. The van der Waals surface area contributed by atoms with E-state index in [0.29, 0.717) is 18.5 Å². The van der Waals surface area contributed by atoms with Crippen molar-refractivity contribution in [2.24, 2.45) is 5.10 Å². The lowest BCUT2D eigenvalue weighted by atomic mass is 10.1. The van der Waals surface area contributed by atoms with E-state index in [2.05, 4.69) is 16.0 Å². The van der Waals surface area contributed by atoms with Crippen LogP contribution in [0.3, 0.4) is 0 Å². The summed E-state index contributed by atoms with van der Waals surface area (Å²) in [5, 5.41) is 14.7. The number of nitrogens with one attached hydrogen (secondary N) is 2. The van der Waals surface area contributed by atoms with Crippen LogP contribution < -0.4 is 15.6 Å². The van der Waals surface area contributed by atoms with Crippen molar-refractivity contribution in [2.45, 2.75) is 19.3 Å². The van der Waals surface area contributed by atoms with E-state index in [1.807, 2.05) is 36.4 Å². The first-order chi connectivity index (χ1) is 15.1. The van der Waals surface area contributed by atoms with Gasteiger partial charge in [0.05, 0.1) is 17.8 Å². The van der Waals surface area contributed by atoms with E-state index in [-0.39, 0.29) is 31.1 Å². The zero-order valence-electron chi connectivity index (χ0n) is 16.7. The summed E-state index contributed by atoms with van der Waals surface area (Å²) in [5.74, 6) is -1.09. The van der Waals surface area contributed by atoms with E-state index in [9.17, 15) is 14.4 Å². The topological polar surface area (TPSA) is 124 Å². The molecule has 0 fully saturated rings. The molecule has 1 aliphatic heterocycles. The maximum Gasteiger partial charge on any atom is 0.276 e. The molecule has 1 heterocycles. The number of carbonyl (C=O) groups excluding carboxylic acids is 3. The molecule has 0 unspecified atom stereocenters. The number of hydrazine groups is 1. The van der Waals surface area contributed by atoms with Gasteiger partial charge in [-0.15, -0.1) is 0 Å². The molecule has 9 nitrogen and oxygen atoms in total. The van der Waals surface area contributed by atoms with Gasteiger partial charge in [0.15, 0.2) is 6.61 Å². The Labute approximate surface area is 179 Å². The first-order valence-electron chi connectivity index (χ1n) is 9.69. The van der Waals surface area contributed by atoms with E-state index in [1.165, 1.54) is 5.01 Å². The number of amides is 3. The fraction of sp³-hybridized carbons (Fsp3) is 0.227. The number of rotatable bonds is 7. The lowest BCUT2D eigenvalue weighted by molar-refractivity contribution is -0.134. The smallest absolute Gasteiger partial charge is 0.276 e. The molecule has 0 spiro atoms. The summed E-state index contributed by atoms with van der Waals surface area (Å²) in [6.07, 6.45) is 0.538. The van der Waals surface area contributed by atoms with Crippen LogP contribution in [0, 0.1) is 11.3 Å². The van der Waals surface area contributed by atoms with Gasteiger partial charge in [-0.05, 0) is 17.7 Å². The maximum atomic E-state index is 12.3. The van der Waals surface area contributed by atoms with Gasteiger partial charge in [0, 0.05) is 19.3 Å². The summed E-state index contributed by atoms with van der Waals surface area (Å²) in [6.45, 7) is 0.103. The molecule has 0 aliphatic carbocycles. The van der Waals surface area contributed by atoms with Gasteiger partial charge in [-0.2, -0.15) is 10.4 Å². The third kappa shape index (κ3) is 6.14. The van der Waals surface area contributed by atoms with Crippen molar-refractivity contribution in [1.82, 2.24) is 15.9 Å². The number of para-hydroxylation sites is 1. The molecule has 0 atom stereocenters. The standard InChI is InChI=1S/C22H21N5O4/c23-14-17-8-4-5-9-19(17)31-15-21(29)25-24-20(28)10-11-22(30)27-13-12-18(26-27)16-6-2-1-3-7-16/h1-9H,10-13,15H2,(H,24,28)(H,25,29). The van der Waals surface area contributed by atoms with Crippen molar-refractivity contribution < 1.29 is 19.1 Å². The predicted molar refractivity (Wildman–Crippen MR) is 111 cm³/mol. The third-order valence-electron chi connectivity index (χ3n) is 4.47. The number of benzene rings is 2. The average Bonchev–Trinajstić information content (AvgIpc) is 3.31. The van der Waals surface area contributed by atoms with Gasteiger partial charge in [-0.3, -0.25) is 25.2 Å². The van der Waals surface area contributed by atoms with Gasteiger partial charge < -0.3 is 4.74 Å². The number of hydrogen-bond donors (Lipinski definition) is 2. The van der Waals surface area contributed by atoms with Crippen molar-refractivity contribution in [2.75, 3.05) is 13.2 Å². The van der Waals surface area contributed by atoms with Crippen LogP contribution in [0.4, 0.5) is 0 Å². The van der Waals surface area contributed by atoms with Crippen molar-refractivity contribution in [3.8, 4) is 11.8 Å². The zero-order chi connectivity index (χ0) is 22.1. The van der Waals surface area contributed by atoms with E-state index >= 15 is 0 Å². The SMILES string of the molecule is N#Cc1ccccc1OCC(=O)NNC(=O)CCC(=O)N1CCC(c2ccccc2)=N1. The lowest BCUT2D eigenvalue weighted by Gasteiger charge is -2.12. The molecule has 0 saturated heterocycles. The van der Waals surface area contributed by atoms with Crippen molar-refractivity contribution >= 4 is 23.4 Å². The molecule has 0 aromatic heterocycles. The first kappa shape index (κ1) is 21.5. The summed E-state index contributed by atoms with van der Waals surface area (Å²) in [4.78, 5) is 36.0. The minimum Gasteiger partial charge on any atom is -0.482 e. The fourth-order valence-electron chi connectivity index (χ4n) is 2.89. The van der Waals surface area contributed by atoms with E-state index in [4.69, 9.17) is 10.00 Å². The van der Waals surface area contributed by atoms with Crippen LogP contribution in [-0.4, -0.2) is 41.6 Å². The molecular weight excluding hydrogens is 398 g/mol. The average molecular weight is 419 g/mol. The molecule has 31 heavy (non-hydrogen) atoms. The highest BCUT2D eigenvalue weighted by Gasteiger charge is 2.22. The molecule has 9 heteroatoms. The maximum absolute atomic E-state index is 12.3. The number of nitrogens with zero attached hydrogens (tertiary/aromatic N) is 3. The molecule has 2 aromatic rings.